The van der Waals surface area contributed by atoms with E-state index in [0.29, 0.717) is 52.6 Å². The van der Waals surface area contributed by atoms with Crippen molar-refractivity contribution in [3.05, 3.63) is 94.2 Å². The Bertz CT molecular complexity index is 1500. The van der Waals surface area contributed by atoms with Crippen molar-refractivity contribution in [1.82, 2.24) is 4.90 Å². The molecule has 1 aliphatic rings. The van der Waals surface area contributed by atoms with Crippen LogP contribution in [0.1, 0.15) is 34.8 Å². The molecule has 0 saturated carbocycles. The summed E-state index contributed by atoms with van der Waals surface area (Å²) in [6.45, 7) is 3.69. The third-order valence-corrected chi connectivity index (χ3v) is 8.96. The zero-order valence-corrected chi connectivity index (χ0v) is 27.2. The number of rotatable bonds is 17. The molecule has 1 fully saturated rings. The van der Waals surface area contributed by atoms with Gasteiger partial charge in [0.05, 0.1) is 39.1 Å². The van der Waals surface area contributed by atoms with Gasteiger partial charge in [0.2, 0.25) is 0 Å². The number of carboxylic acid groups (broad SMARTS) is 1. The third-order valence-electron chi connectivity index (χ3n) is 8.11. The standard InChI is InChI=1S/C36H43NO8S/c1-40-23-32(41-2)24-44-31-13-8-27-7-6-26(19-29(27)20-31)22-45-35-21-37(36(38)39)15-14-34(35)28-9-11-30(12-10-28)43-17-4-16-42-25-33-5-3-18-46-33/h3,5-13,18-20,32,34-35H,4,14-17,21-25H2,1-2H3,(H,38,39)/p-1. The molecular weight excluding hydrogens is 606 g/mol. The van der Waals surface area contributed by atoms with Crippen molar-refractivity contribution < 1.29 is 38.3 Å². The molecule has 0 aliphatic carbocycles. The van der Waals surface area contributed by atoms with E-state index in [1.807, 2.05) is 47.8 Å². The molecule has 1 amide bonds. The normalized spacial score (nSPS) is 17.2. The zero-order chi connectivity index (χ0) is 32.1. The van der Waals surface area contributed by atoms with E-state index in [1.165, 1.54) is 9.78 Å². The van der Waals surface area contributed by atoms with Crippen molar-refractivity contribution in [3.8, 4) is 11.5 Å². The quantitative estimate of drug-likeness (QED) is 0.136. The first-order valence-electron chi connectivity index (χ1n) is 15.6. The largest absolute Gasteiger partial charge is 0.530 e. The summed E-state index contributed by atoms with van der Waals surface area (Å²) >= 11 is 1.69. The van der Waals surface area contributed by atoms with Gasteiger partial charge in [-0.25, -0.2) is 0 Å². The van der Waals surface area contributed by atoms with Crippen molar-refractivity contribution in [3.63, 3.8) is 0 Å². The average molecular weight is 649 g/mol. The van der Waals surface area contributed by atoms with Crippen LogP contribution in [-0.4, -0.2) is 76.9 Å². The first-order valence-corrected chi connectivity index (χ1v) is 16.5. The lowest BCUT2D eigenvalue weighted by Gasteiger charge is -2.40. The van der Waals surface area contributed by atoms with Gasteiger partial charge in [0.1, 0.15) is 30.3 Å². The smallest absolute Gasteiger partial charge is 0.137 e. The van der Waals surface area contributed by atoms with Crippen molar-refractivity contribution in [2.24, 2.45) is 0 Å². The summed E-state index contributed by atoms with van der Waals surface area (Å²) in [7, 11) is 3.27. The first-order chi connectivity index (χ1) is 22.5. The fraction of sp³-hybridized carbons (Fsp3) is 0.417. The number of methoxy groups -OCH3 is 2. The zero-order valence-electron chi connectivity index (χ0n) is 26.4. The van der Waals surface area contributed by atoms with Gasteiger partial charge in [-0.3, -0.25) is 0 Å². The number of likely N-dealkylation sites (tertiary alicyclic amines) is 1. The van der Waals surface area contributed by atoms with Gasteiger partial charge >= 0.3 is 0 Å². The van der Waals surface area contributed by atoms with Crippen LogP contribution in [0, 0.1) is 0 Å². The van der Waals surface area contributed by atoms with E-state index >= 15 is 0 Å². The third kappa shape index (κ3) is 9.67. The highest BCUT2D eigenvalue weighted by Crippen LogP contribution is 2.32. The molecule has 0 radical (unpaired) electrons. The summed E-state index contributed by atoms with van der Waals surface area (Å²) < 4.78 is 34.6. The van der Waals surface area contributed by atoms with Crippen LogP contribution in [0.4, 0.5) is 4.79 Å². The van der Waals surface area contributed by atoms with Crippen molar-refractivity contribution in [2.45, 2.75) is 44.2 Å². The van der Waals surface area contributed by atoms with E-state index < -0.39 is 6.09 Å². The summed E-state index contributed by atoms with van der Waals surface area (Å²) in [6, 6.07) is 24.3. The molecule has 4 aromatic rings. The minimum Gasteiger partial charge on any atom is -0.530 e. The predicted octanol–water partition coefficient (Wildman–Crippen LogP) is 5.65. The van der Waals surface area contributed by atoms with E-state index in [4.69, 9.17) is 28.4 Å². The second kappa shape index (κ2) is 17.3. The number of piperidine rings is 1. The van der Waals surface area contributed by atoms with Crippen LogP contribution in [-0.2, 0) is 32.2 Å². The van der Waals surface area contributed by atoms with Gasteiger partial charge in [0.15, 0.2) is 0 Å². The molecule has 5 rings (SSSR count). The molecule has 46 heavy (non-hydrogen) atoms. The topological polar surface area (TPSA) is 98.8 Å². The Kier molecular flexibility index (Phi) is 12.7. The monoisotopic (exact) mass is 648 g/mol. The van der Waals surface area contributed by atoms with Crippen LogP contribution in [0.15, 0.2) is 78.2 Å². The average Bonchev–Trinajstić information content (AvgIpc) is 3.61. The van der Waals surface area contributed by atoms with Crippen LogP contribution in [0.5, 0.6) is 11.5 Å². The van der Waals surface area contributed by atoms with Crippen molar-refractivity contribution in [1.29, 1.82) is 0 Å². The highest BCUT2D eigenvalue weighted by molar-refractivity contribution is 7.09. The maximum Gasteiger partial charge on any atom is 0.137 e. The molecular formula is C36H42NO8S-. The second-order valence-electron chi connectivity index (χ2n) is 11.3. The fourth-order valence-electron chi connectivity index (χ4n) is 5.58. The number of hydrogen-bond donors (Lipinski definition) is 0. The minimum absolute atomic E-state index is 0.0385. The number of benzene rings is 3. The highest BCUT2D eigenvalue weighted by atomic mass is 32.1. The Morgan fingerprint density at radius 3 is 2.52 bits per heavy atom. The highest BCUT2D eigenvalue weighted by Gasteiger charge is 2.31. The predicted molar refractivity (Wildman–Crippen MR) is 176 cm³/mol. The Balaban J connectivity index is 1.17. The van der Waals surface area contributed by atoms with Crippen molar-refractivity contribution in [2.75, 3.05) is 53.7 Å². The van der Waals surface area contributed by atoms with Crippen LogP contribution < -0.4 is 14.6 Å². The number of carbonyl (C=O) groups excluding carboxylic acids is 1. The fourth-order valence-corrected chi connectivity index (χ4v) is 6.22. The van der Waals surface area contributed by atoms with Gasteiger partial charge in [0.25, 0.3) is 0 Å². The lowest BCUT2D eigenvalue weighted by Crippen LogP contribution is -2.51. The molecule has 0 N–H and O–H groups in total. The van der Waals surface area contributed by atoms with E-state index in [0.717, 1.165) is 39.8 Å². The van der Waals surface area contributed by atoms with Gasteiger partial charge in [-0.15, -0.1) is 11.3 Å². The van der Waals surface area contributed by atoms with Crippen molar-refractivity contribution >= 4 is 28.2 Å². The molecule has 1 aromatic heterocycles. The van der Waals surface area contributed by atoms with Gasteiger partial charge in [-0.05, 0) is 70.1 Å². The molecule has 0 spiro atoms. The summed E-state index contributed by atoms with van der Waals surface area (Å²) in [5.41, 5.74) is 2.09. The van der Waals surface area contributed by atoms with Gasteiger partial charge in [-0.2, -0.15) is 0 Å². The Hall–Kier alpha value is -3.67. The SMILES string of the molecule is COCC(COc1ccc2ccc(COC3CN(C(=O)[O-])CCC3c3ccc(OCCCOCc4cccs4)cc3)cc2c1)OC. The number of nitrogens with zero attached hydrogens (tertiary/aromatic N) is 1. The minimum atomic E-state index is -1.17. The van der Waals surface area contributed by atoms with Crippen LogP contribution in [0.3, 0.4) is 0 Å². The van der Waals surface area contributed by atoms with Gasteiger partial charge in [-0.1, -0.05) is 36.4 Å². The molecule has 1 saturated heterocycles. The number of ether oxygens (including phenoxy) is 6. The summed E-state index contributed by atoms with van der Waals surface area (Å²) in [6.07, 6.45) is -0.202. The number of hydrogen-bond acceptors (Lipinski definition) is 9. The van der Waals surface area contributed by atoms with E-state index in [2.05, 4.69) is 30.3 Å². The molecule has 0 bridgehead atoms. The number of thiophene rings is 1. The second-order valence-corrected chi connectivity index (χ2v) is 12.4. The number of amides is 1. The Morgan fingerprint density at radius 1 is 0.935 bits per heavy atom. The number of fused-ring (bicyclic) bond motifs is 1. The summed E-state index contributed by atoms with van der Waals surface area (Å²) in [4.78, 5) is 14.3. The van der Waals surface area contributed by atoms with Crippen LogP contribution >= 0.6 is 11.3 Å². The molecule has 2 heterocycles. The summed E-state index contributed by atoms with van der Waals surface area (Å²) in [5, 5.41) is 15.9. The number of carbonyl (C=O) groups is 1. The van der Waals surface area contributed by atoms with E-state index in [-0.39, 0.29) is 24.7 Å². The first kappa shape index (κ1) is 33.7. The molecule has 9 nitrogen and oxygen atoms in total. The van der Waals surface area contributed by atoms with Crippen LogP contribution in [0.2, 0.25) is 0 Å². The van der Waals surface area contributed by atoms with E-state index in [9.17, 15) is 9.90 Å². The van der Waals surface area contributed by atoms with Gasteiger partial charge < -0.3 is 43.2 Å². The van der Waals surface area contributed by atoms with E-state index in [1.54, 1.807) is 25.6 Å². The Labute approximate surface area is 274 Å². The molecule has 246 valence electrons. The molecule has 3 atom stereocenters. The maximum absolute atomic E-state index is 11.7. The van der Waals surface area contributed by atoms with Crippen LogP contribution in [0.25, 0.3) is 10.8 Å². The Morgan fingerprint density at radius 2 is 1.76 bits per heavy atom. The molecule has 1 aliphatic heterocycles. The lowest BCUT2D eigenvalue weighted by atomic mass is 9.87. The molecule has 10 heteroatoms. The van der Waals surface area contributed by atoms with Gasteiger partial charge in [0, 0.05) is 44.5 Å². The maximum atomic E-state index is 11.7. The molecule has 3 unspecified atom stereocenters. The summed E-state index contributed by atoms with van der Waals surface area (Å²) in [5.74, 6) is 1.58. The molecule has 3 aromatic carbocycles. The lowest BCUT2D eigenvalue weighted by molar-refractivity contribution is -0.268.